The van der Waals surface area contributed by atoms with Crippen LogP contribution in [-0.2, 0) is 0 Å². The van der Waals surface area contributed by atoms with E-state index in [1.54, 1.807) is 18.3 Å². The topological polar surface area (TPSA) is 111 Å². The molecule has 0 amide bonds. The predicted octanol–water partition coefficient (Wildman–Crippen LogP) is 2.70. The predicted molar refractivity (Wildman–Crippen MR) is 65.8 cm³/mol. The van der Waals surface area contributed by atoms with Crippen LogP contribution in [-0.4, -0.2) is 22.2 Å². The molecule has 0 radical (unpaired) electrons. The van der Waals surface area contributed by atoms with Gasteiger partial charge in [-0.2, -0.15) is 0 Å². The maximum atomic E-state index is 10.7. The van der Waals surface area contributed by atoms with Crippen LogP contribution in [0.3, 0.4) is 0 Å². The molecule has 0 aliphatic heterocycles. The van der Waals surface area contributed by atoms with Gasteiger partial charge in [-0.3, -0.25) is 4.98 Å². The third-order valence-corrected chi connectivity index (χ3v) is 2.90. The average Bonchev–Trinajstić information content (AvgIpc) is 2.41. The van der Waals surface area contributed by atoms with Crippen molar-refractivity contribution in [1.29, 1.82) is 0 Å². The Balaban J connectivity index is 2.41. The lowest BCUT2D eigenvalue weighted by atomic mass is 9.89. The van der Waals surface area contributed by atoms with E-state index < -0.39 is 12.1 Å². The number of hydrogen-bond donors (Lipinski definition) is 1. The van der Waals surface area contributed by atoms with Crippen molar-refractivity contribution in [3.05, 3.63) is 45.4 Å². The van der Waals surface area contributed by atoms with Gasteiger partial charge in [0.2, 0.25) is 0 Å². The highest BCUT2D eigenvalue weighted by Crippen LogP contribution is 2.33. The van der Waals surface area contributed by atoms with E-state index in [9.17, 15) is 10.0 Å². The molecule has 0 fully saturated rings. The molecule has 1 aliphatic rings. The molecule has 2 unspecified atom stereocenters. The van der Waals surface area contributed by atoms with Crippen LogP contribution >= 0.6 is 0 Å². The molecule has 7 nitrogen and oxygen atoms in total. The zero-order valence-electron chi connectivity index (χ0n) is 9.47. The number of nitroso groups, excluding NO2 is 1. The number of aliphatic hydroxyl groups is 1. The van der Waals surface area contributed by atoms with E-state index in [2.05, 4.69) is 20.2 Å². The van der Waals surface area contributed by atoms with Crippen LogP contribution in [0.2, 0.25) is 0 Å². The number of allylic oxidation sites excluding steroid dienone is 1. The Hall–Kier alpha value is -2.24. The molecule has 1 N–H and O–H groups in total. The Bertz CT molecular complexity index is 536. The van der Waals surface area contributed by atoms with Crippen molar-refractivity contribution in [3.63, 3.8) is 0 Å². The molecule has 2 rings (SSSR count). The number of aromatic nitrogens is 1. The number of nitrogens with zero attached hydrogens (tertiary/aromatic N) is 5. The van der Waals surface area contributed by atoms with E-state index in [1.807, 2.05) is 0 Å². The summed E-state index contributed by atoms with van der Waals surface area (Å²) in [7, 11) is 0. The molecule has 1 aromatic rings. The van der Waals surface area contributed by atoms with Crippen molar-refractivity contribution in [2.24, 2.45) is 10.3 Å². The lowest BCUT2D eigenvalue weighted by Gasteiger charge is -2.23. The first-order valence-corrected chi connectivity index (χ1v) is 5.47. The molecular weight excluding hydrogens is 234 g/mol. The van der Waals surface area contributed by atoms with Crippen molar-refractivity contribution in [2.45, 2.75) is 25.0 Å². The van der Waals surface area contributed by atoms with Gasteiger partial charge in [0.05, 0.1) is 18.3 Å². The van der Waals surface area contributed by atoms with Gasteiger partial charge in [-0.05, 0) is 35.2 Å². The van der Waals surface area contributed by atoms with Crippen molar-refractivity contribution in [3.8, 4) is 0 Å². The molecule has 1 heterocycles. The molecule has 0 saturated heterocycles. The van der Waals surface area contributed by atoms with E-state index in [0.29, 0.717) is 18.4 Å². The first kappa shape index (κ1) is 12.2. The number of pyridine rings is 1. The molecule has 92 valence electrons. The van der Waals surface area contributed by atoms with E-state index in [1.165, 1.54) is 6.20 Å². The fourth-order valence-electron chi connectivity index (χ4n) is 2.00. The molecule has 0 spiro atoms. The summed E-state index contributed by atoms with van der Waals surface area (Å²) in [4.78, 5) is 17.2. The highest BCUT2D eigenvalue weighted by molar-refractivity contribution is 5.75. The normalized spacial score (nSPS) is 22.8. The maximum Gasteiger partial charge on any atom is 0.133 e. The van der Waals surface area contributed by atoms with Crippen molar-refractivity contribution in [2.75, 3.05) is 0 Å². The average molecular weight is 245 g/mol. The Morgan fingerprint density at radius 1 is 1.56 bits per heavy atom. The first-order valence-electron chi connectivity index (χ1n) is 5.47. The lowest BCUT2D eigenvalue weighted by molar-refractivity contribution is 0.148. The van der Waals surface area contributed by atoms with Gasteiger partial charge in [-0.15, -0.1) is 4.91 Å². The zero-order valence-corrected chi connectivity index (χ0v) is 9.47. The number of aliphatic hydroxyl groups excluding tert-OH is 1. The molecule has 0 aromatic carbocycles. The van der Waals surface area contributed by atoms with Crippen molar-refractivity contribution in [1.82, 2.24) is 4.98 Å². The summed E-state index contributed by atoms with van der Waals surface area (Å²) >= 11 is 0. The second-order valence-corrected chi connectivity index (χ2v) is 3.98. The highest BCUT2D eigenvalue weighted by Gasteiger charge is 2.23. The summed E-state index contributed by atoms with van der Waals surface area (Å²) in [5.41, 5.74) is 10.2. The number of rotatable bonds is 3. The fraction of sp³-hybridized carbons (Fsp3) is 0.364. The minimum Gasteiger partial charge on any atom is -0.392 e. The zero-order chi connectivity index (χ0) is 13.0. The van der Waals surface area contributed by atoms with Crippen molar-refractivity contribution >= 4 is 11.3 Å². The maximum absolute atomic E-state index is 10.7. The first-order chi connectivity index (χ1) is 8.76. The van der Waals surface area contributed by atoms with E-state index in [4.69, 9.17) is 5.53 Å². The van der Waals surface area contributed by atoms with Gasteiger partial charge in [-0.1, -0.05) is 11.2 Å². The quantitative estimate of drug-likeness (QED) is 0.382. The Kier molecular flexibility index (Phi) is 3.66. The van der Waals surface area contributed by atoms with Gasteiger partial charge >= 0.3 is 0 Å². The molecule has 1 aromatic heterocycles. The third-order valence-electron chi connectivity index (χ3n) is 2.90. The van der Waals surface area contributed by atoms with Gasteiger partial charge in [-0.25, -0.2) is 0 Å². The SMILES string of the molecule is [N-]=[N+]=NC1C=C(c2ccncc2N=O)CCC1O. The summed E-state index contributed by atoms with van der Waals surface area (Å²) in [6, 6.07) is 1.08. The molecule has 0 bridgehead atoms. The Labute approximate surface area is 103 Å². The van der Waals surface area contributed by atoms with Gasteiger partial charge in [0.25, 0.3) is 0 Å². The Morgan fingerprint density at radius 3 is 3.11 bits per heavy atom. The monoisotopic (exact) mass is 245 g/mol. The minimum absolute atomic E-state index is 0.250. The van der Waals surface area contributed by atoms with Crippen LogP contribution in [0, 0.1) is 4.91 Å². The van der Waals surface area contributed by atoms with Gasteiger partial charge < -0.3 is 5.11 Å². The lowest BCUT2D eigenvalue weighted by Crippen LogP contribution is -2.25. The molecule has 7 heteroatoms. The van der Waals surface area contributed by atoms with Crippen LogP contribution < -0.4 is 0 Å². The Morgan fingerprint density at radius 2 is 2.39 bits per heavy atom. The summed E-state index contributed by atoms with van der Waals surface area (Å²) in [5.74, 6) is 0. The number of hydrogen-bond acceptors (Lipinski definition) is 5. The molecule has 0 saturated carbocycles. The van der Waals surface area contributed by atoms with Crippen LogP contribution in [0.4, 0.5) is 5.69 Å². The van der Waals surface area contributed by atoms with E-state index in [-0.39, 0.29) is 5.69 Å². The van der Waals surface area contributed by atoms with Gasteiger partial charge in [0, 0.05) is 16.7 Å². The molecule has 1 aliphatic carbocycles. The summed E-state index contributed by atoms with van der Waals surface area (Å²) in [6.07, 6.45) is 5.04. The van der Waals surface area contributed by atoms with Crippen LogP contribution in [0.15, 0.2) is 34.8 Å². The highest BCUT2D eigenvalue weighted by atomic mass is 16.3. The van der Waals surface area contributed by atoms with Gasteiger partial charge in [0.1, 0.15) is 5.69 Å². The standard InChI is InChI=1S/C11H11N5O2/c12-16-14-9-5-7(1-2-11(9)17)8-3-4-13-6-10(8)15-18/h3-6,9,11,17H,1-2H2. The summed E-state index contributed by atoms with van der Waals surface area (Å²) in [6.45, 7) is 0. The molecular formula is C11H11N5O2. The van der Waals surface area contributed by atoms with Crippen LogP contribution in [0.5, 0.6) is 0 Å². The molecule has 18 heavy (non-hydrogen) atoms. The second kappa shape index (κ2) is 5.39. The van der Waals surface area contributed by atoms with Gasteiger partial charge in [0.15, 0.2) is 0 Å². The van der Waals surface area contributed by atoms with Crippen molar-refractivity contribution < 1.29 is 5.11 Å². The van der Waals surface area contributed by atoms with Crippen LogP contribution in [0.25, 0.3) is 16.0 Å². The third kappa shape index (κ3) is 2.37. The van der Waals surface area contributed by atoms with Crippen LogP contribution in [0.1, 0.15) is 18.4 Å². The second-order valence-electron chi connectivity index (χ2n) is 3.98. The largest absolute Gasteiger partial charge is 0.392 e. The summed E-state index contributed by atoms with van der Waals surface area (Å²) < 4.78 is 0. The fourth-order valence-corrected chi connectivity index (χ4v) is 2.00. The smallest absolute Gasteiger partial charge is 0.133 e. The van der Waals surface area contributed by atoms with E-state index >= 15 is 0 Å². The van der Waals surface area contributed by atoms with E-state index in [0.717, 1.165) is 5.57 Å². The number of azide groups is 1. The summed E-state index contributed by atoms with van der Waals surface area (Å²) in [5, 5.41) is 16.1. The minimum atomic E-state index is -0.681. The molecule has 2 atom stereocenters.